The van der Waals surface area contributed by atoms with Crippen LogP contribution in [0.25, 0.3) is 0 Å². The second kappa shape index (κ2) is 8.07. The smallest absolute Gasteiger partial charge is 0.251 e. The van der Waals surface area contributed by atoms with Gasteiger partial charge in [-0.15, -0.1) is 4.91 Å². The van der Waals surface area contributed by atoms with Gasteiger partial charge in [0.05, 0.1) is 0 Å². The molecule has 0 spiro atoms. The highest BCUT2D eigenvalue weighted by Gasteiger charge is 2.31. The Kier molecular flexibility index (Phi) is 6.35. The zero-order chi connectivity index (χ0) is 14.1. The molecule has 19 heavy (non-hydrogen) atoms. The molecule has 0 aliphatic carbocycles. The first-order chi connectivity index (χ1) is 9.24. The van der Waals surface area contributed by atoms with Crippen molar-refractivity contribution in [2.45, 2.75) is 31.8 Å². The van der Waals surface area contributed by atoms with Gasteiger partial charge in [0.1, 0.15) is 0 Å². The molecule has 1 N–H and O–H groups in total. The molecular formula is C13H17N3O3. The number of carbonyl (C=O) groups excluding carboxylic acids is 1. The van der Waals surface area contributed by atoms with E-state index in [0.29, 0.717) is 12.1 Å². The zero-order valence-corrected chi connectivity index (χ0v) is 10.8. The van der Waals surface area contributed by atoms with Crippen molar-refractivity contribution >= 4 is 5.91 Å². The lowest BCUT2D eigenvalue weighted by molar-refractivity contribution is -0.122. The number of rotatable bonds is 8. The third-order valence-electron chi connectivity index (χ3n) is 2.77. The first kappa shape index (κ1) is 14.9. The van der Waals surface area contributed by atoms with Crippen LogP contribution in [0.5, 0.6) is 0 Å². The van der Waals surface area contributed by atoms with E-state index in [1.165, 1.54) is 0 Å². The number of hydrogen-bond donors (Lipinski definition) is 1. The minimum atomic E-state index is -1.32. The minimum Gasteiger partial charge on any atom is -0.354 e. The SMILES string of the molecule is CCCCNC(=O)C(N=O)C(N=O)c1ccccc1. The Morgan fingerprint density at radius 3 is 2.42 bits per heavy atom. The monoisotopic (exact) mass is 263 g/mol. The second-order valence-corrected chi connectivity index (χ2v) is 4.16. The zero-order valence-electron chi connectivity index (χ0n) is 10.8. The molecule has 0 saturated carbocycles. The number of hydrogen-bond acceptors (Lipinski definition) is 5. The summed E-state index contributed by atoms with van der Waals surface area (Å²) in [6.45, 7) is 2.45. The maximum Gasteiger partial charge on any atom is 0.251 e. The Morgan fingerprint density at radius 1 is 1.21 bits per heavy atom. The first-order valence-corrected chi connectivity index (χ1v) is 6.22. The van der Waals surface area contributed by atoms with Crippen LogP contribution in [-0.4, -0.2) is 18.5 Å². The summed E-state index contributed by atoms with van der Waals surface area (Å²) in [6, 6.07) is 6.08. The molecule has 1 aromatic rings. The van der Waals surface area contributed by atoms with Crippen molar-refractivity contribution in [3.63, 3.8) is 0 Å². The van der Waals surface area contributed by atoms with Crippen molar-refractivity contribution in [3.05, 3.63) is 45.7 Å². The van der Waals surface area contributed by atoms with Gasteiger partial charge in [0.15, 0.2) is 12.1 Å². The van der Waals surface area contributed by atoms with Crippen LogP contribution in [-0.2, 0) is 4.79 Å². The summed E-state index contributed by atoms with van der Waals surface area (Å²) < 4.78 is 0. The van der Waals surface area contributed by atoms with E-state index < -0.39 is 18.0 Å². The fourth-order valence-corrected chi connectivity index (χ4v) is 1.69. The first-order valence-electron chi connectivity index (χ1n) is 6.22. The van der Waals surface area contributed by atoms with Gasteiger partial charge >= 0.3 is 0 Å². The van der Waals surface area contributed by atoms with Gasteiger partial charge in [-0.05, 0) is 12.0 Å². The van der Waals surface area contributed by atoms with E-state index in [0.717, 1.165) is 12.8 Å². The third-order valence-corrected chi connectivity index (χ3v) is 2.77. The van der Waals surface area contributed by atoms with Gasteiger partial charge in [-0.3, -0.25) is 4.79 Å². The quantitative estimate of drug-likeness (QED) is 0.577. The van der Waals surface area contributed by atoms with E-state index in [1.54, 1.807) is 30.3 Å². The predicted octanol–water partition coefficient (Wildman–Crippen LogP) is 2.55. The lowest BCUT2D eigenvalue weighted by Gasteiger charge is -2.15. The number of nitrogens with one attached hydrogen (secondary N) is 1. The van der Waals surface area contributed by atoms with Crippen LogP contribution in [0.15, 0.2) is 40.7 Å². The van der Waals surface area contributed by atoms with Gasteiger partial charge in [0, 0.05) is 6.54 Å². The molecule has 1 amide bonds. The summed E-state index contributed by atoms with van der Waals surface area (Å²) in [6.07, 6.45) is 1.73. The molecule has 0 radical (unpaired) electrons. The van der Waals surface area contributed by atoms with Crippen LogP contribution >= 0.6 is 0 Å². The fraction of sp³-hybridized carbons (Fsp3) is 0.462. The summed E-state index contributed by atoms with van der Waals surface area (Å²) in [5.74, 6) is -0.558. The predicted molar refractivity (Wildman–Crippen MR) is 72.5 cm³/mol. The number of unbranched alkanes of at least 4 members (excludes halogenated alkanes) is 1. The highest BCUT2D eigenvalue weighted by atomic mass is 16.3. The van der Waals surface area contributed by atoms with Crippen LogP contribution in [0.4, 0.5) is 0 Å². The topological polar surface area (TPSA) is 88.0 Å². The van der Waals surface area contributed by atoms with E-state index in [4.69, 9.17) is 0 Å². The normalized spacial score (nSPS) is 13.3. The third kappa shape index (κ3) is 4.24. The van der Waals surface area contributed by atoms with Gasteiger partial charge < -0.3 is 5.32 Å². The van der Waals surface area contributed by atoms with E-state index >= 15 is 0 Å². The van der Waals surface area contributed by atoms with Crippen LogP contribution in [0.3, 0.4) is 0 Å². The lowest BCUT2D eigenvalue weighted by atomic mass is 10.00. The molecule has 1 aromatic carbocycles. The largest absolute Gasteiger partial charge is 0.354 e. The Morgan fingerprint density at radius 2 is 1.89 bits per heavy atom. The van der Waals surface area contributed by atoms with Crippen molar-refractivity contribution in [3.8, 4) is 0 Å². The Bertz CT molecular complexity index is 422. The maximum atomic E-state index is 11.8. The molecule has 0 aliphatic rings. The van der Waals surface area contributed by atoms with Crippen LogP contribution < -0.4 is 5.32 Å². The average molecular weight is 263 g/mol. The van der Waals surface area contributed by atoms with Crippen LogP contribution in [0, 0.1) is 9.81 Å². The molecule has 0 aliphatic heterocycles. The molecule has 2 unspecified atom stereocenters. The van der Waals surface area contributed by atoms with Crippen LogP contribution in [0.2, 0.25) is 0 Å². The number of amides is 1. The van der Waals surface area contributed by atoms with E-state index in [-0.39, 0.29) is 0 Å². The van der Waals surface area contributed by atoms with Crippen LogP contribution in [0.1, 0.15) is 31.4 Å². The standard InChI is InChI=1S/C13H17N3O3/c1-2-3-9-14-13(17)12(16-19)11(15-18)10-7-5-4-6-8-10/h4-8,11-12H,2-3,9H2,1H3,(H,14,17). The molecule has 0 aromatic heterocycles. The number of nitroso groups, excluding NO2 is 2. The molecule has 0 saturated heterocycles. The molecule has 0 bridgehead atoms. The fourth-order valence-electron chi connectivity index (χ4n) is 1.69. The Hall–Kier alpha value is -2.11. The van der Waals surface area contributed by atoms with Gasteiger partial charge in [-0.1, -0.05) is 54.0 Å². The van der Waals surface area contributed by atoms with E-state index in [9.17, 15) is 14.6 Å². The summed E-state index contributed by atoms with van der Waals surface area (Å²) in [5, 5.41) is 8.22. The summed E-state index contributed by atoms with van der Waals surface area (Å²) >= 11 is 0. The van der Waals surface area contributed by atoms with Crippen molar-refractivity contribution in [1.82, 2.24) is 5.32 Å². The second-order valence-electron chi connectivity index (χ2n) is 4.16. The molecular weight excluding hydrogens is 246 g/mol. The summed E-state index contributed by atoms with van der Waals surface area (Å²) in [5.41, 5.74) is 0.507. The maximum absolute atomic E-state index is 11.8. The molecule has 2 atom stereocenters. The van der Waals surface area contributed by atoms with Crippen molar-refractivity contribution in [2.75, 3.05) is 6.54 Å². The molecule has 102 valence electrons. The lowest BCUT2D eigenvalue weighted by Crippen LogP contribution is -2.37. The van der Waals surface area contributed by atoms with Crippen molar-refractivity contribution < 1.29 is 4.79 Å². The highest BCUT2D eigenvalue weighted by molar-refractivity contribution is 5.83. The van der Waals surface area contributed by atoms with Gasteiger partial charge in [-0.25, -0.2) is 0 Å². The summed E-state index contributed by atoms with van der Waals surface area (Å²) in [4.78, 5) is 33.6. The summed E-state index contributed by atoms with van der Waals surface area (Å²) in [7, 11) is 0. The number of benzene rings is 1. The Labute approximate surface area is 111 Å². The molecule has 1 rings (SSSR count). The minimum absolute atomic E-state index is 0.460. The molecule has 0 fully saturated rings. The van der Waals surface area contributed by atoms with Crippen molar-refractivity contribution in [2.24, 2.45) is 10.4 Å². The van der Waals surface area contributed by atoms with E-state index in [2.05, 4.69) is 15.7 Å². The number of carbonyl (C=O) groups is 1. The van der Waals surface area contributed by atoms with E-state index in [1.807, 2.05) is 6.92 Å². The van der Waals surface area contributed by atoms with Gasteiger partial charge in [0.25, 0.3) is 5.91 Å². The molecule has 0 heterocycles. The molecule has 6 nitrogen and oxygen atoms in total. The average Bonchev–Trinajstić information content (AvgIpc) is 2.45. The highest BCUT2D eigenvalue weighted by Crippen LogP contribution is 2.23. The number of nitrogens with zero attached hydrogens (tertiary/aromatic N) is 2. The van der Waals surface area contributed by atoms with Gasteiger partial charge in [0.2, 0.25) is 0 Å². The van der Waals surface area contributed by atoms with Crippen molar-refractivity contribution in [1.29, 1.82) is 0 Å². The Balaban J connectivity index is 2.79. The molecule has 6 heteroatoms. The van der Waals surface area contributed by atoms with Gasteiger partial charge in [-0.2, -0.15) is 4.91 Å².